The minimum Gasteiger partial charge on any atom is -0.385 e. The number of hydrogen-bond acceptors (Lipinski definition) is 2. The number of methoxy groups -OCH3 is 1. The smallest absolute Gasteiger partial charge is 0.0477 e. The molecule has 0 radical (unpaired) electrons. The van der Waals surface area contributed by atoms with Crippen molar-refractivity contribution in [3.8, 4) is 0 Å². The Kier molecular flexibility index (Phi) is 6.90. The number of halogens is 2. The van der Waals surface area contributed by atoms with Crippen LogP contribution in [0.5, 0.6) is 0 Å². The lowest BCUT2D eigenvalue weighted by molar-refractivity contribution is 0.183. The molecule has 0 saturated heterocycles. The molecule has 1 N–H and O–H groups in total. The van der Waals surface area contributed by atoms with Gasteiger partial charge in [0.2, 0.25) is 0 Å². The molecular formula is C13H19Cl2NO. The van der Waals surface area contributed by atoms with Crippen molar-refractivity contribution < 1.29 is 4.74 Å². The summed E-state index contributed by atoms with van der Waals surface area (Å²) in [5.41, 5.74) is 1.01. The summed E-state index contributed by atoms with van der Waals surface area (Å²) in [4.78, 5) is 0. The molecule has 1 rings (SSSR count). The lowest BCUT2D eigenvalue weighted by Crippen LogP contribution is -2.32. The van der Waals surface area contributed by atoms with Gasteiger partial charge in [-0.3, -0.25) is 0 Å². The number of likely N-dealkylation sites (N-methyl/N-ethyl adjacent to an activating group) is 1. The largest absolute Gasteiger partial charge is 0.385 e. The fourth-order valence-corrected chi connectivity index (χ4v) is 2.35. The molecule has 0 bridgehead atoms. The maximum atomic E-state index is 6.16. The summed E-state index contributed by atoms with van der Waals surface area (Å²) in [5.74, 6) is 0. The normalized spacial score (nSPS) is 12.7. The number of ether oxygens (including phenoxy) is 1. The van der Waals surface area contributed by atoms with Crippen molar-refractivity contribution in [2.24, 2.45) is 0 Å². The molecule has 0 fully saturated rings. The zero-order valence-corrected chi connectivity index (χ0v) is 11.8. The highest BCUT2D eigenvalue weighted by Crippen LogP contribution is 2.25. The van der Waals surface area contributed by atoms with Gasteiger partial charge in [-0.15, -0.1) is 0 Å². The van der Waals surface area contributed by atoms with Crippen LogP contribution in [0.2, 0.25) is 10.0 Å². The fraction of sp³-hybridized carbons (Fsp3) is 0.538. The quantitative estimate of drug-likeness (QED) is 0.822. The fourth-order valence-electron chi connectivity index (χ4n) is 1.80. The molecule has 1 aromatic carbocycles. The molecule has 96 valence electrons. The molecule has 4 heteroatoms. The van der Waals surface area contributed by atoms with Gasteiger partial charge in [-0.2, -0.15) is 0 Å². The van der Waals surface area contributed by atoms with Crippen molar-refractivity contribution in [3.63, 3.8) is 0 Å². The Bertz CT molecular complexity index is 324. The monoisotopic (exact) mass is 275 g/mol. The highest BCUT2D eigenvalue weighted by atomic mass is 35.5. The first kappa shape index (κ1) is 14.8. The van der Waals surface area contributed by atoms with E-state index in [0.717, 1.165) is 41.6 Å². The van der Waals surface area contributed by atoms with Crippen LogP contribution in [-0.4, -0.2) is 26.3 Å². The first-order valence-electron chi connectivity index (χ1n) is 5.84. The van der Waals surface area contributed by atoms with Gasteiger partial charge < -0.3 is 10.1 Å². The van der Waals surface area contributed by atoms with E-state index in [0.29, 0.717) is 6.04 Å². The van der Waals surface area contributed by atoms with E-state index in [2.05, 4.69) is 12.2 Å². The van der Waals surface area contributed by atoms with Gasteiger partial charge in [0.05, 0.1) is 0 Å². The lowest BCUT2D eigenvalue weighted by Gasteiger charge is -2.19. The second-order valence-electron chi connectivity index (χ2n) is 3.94. The third-order valence-corrected chi connectivity index (χ3v) is 3.38. The van der Waals surface area contributed by atoms with E-state index in [1.54, 1.807) is 7.11 Å². The van der Waals surface area contributed by atoms with E-state index in [9.17, 15) is 0 Å². The van der Waals surface area contributed by atoms with Crippen molar-refractivity contribution in [2.45, 2.75) is 25.8 Å². The summed E-state index contributed by atoms with van der Waals surface area (Å²) in [6.45, 7) is 3.75. The predicted octanol–water partition coefficient (Wildman–Crippen LogP) is 3.55. The van der Waals surface area contributed by atoms with Gasteiger partial charge >= 0.3 is 0 Å². The minimum absolute atomic E-state index is 0.345. The van der Waals surface area contributed by atoms with Crippen LogP contribution in [0, 0.1) is 0 Å². The third-order valence-electron chi connectivity index (χ3n) is 2.68. The van der Waals surface area contributed by atoms with E-state index in [-0.39, 0.29) is 0 Å². The Morgan fingerprint density at radius 2 is 1.94 bits per heavy atom. The molecule has 0 aliphatic rings. The number of benzene rings is 1. The summed E-state index contributed by atoms with van der Waals surface area (Å²) < 4.78 is 5.11. The maximum Gasteiger partial charge on any atom is 0.0477 e. The van der Waals surface area contributed by atoms with E-state index in [4.69, 9.17) is 27.9 Å². The van der Waals surface area contributed by atoms with Crippen molar-refractivity contribution in [3.05, 3.63) is 33.8 Å². The van der Waals surface area contributed by atoms with Crippen LogP contribution in [0.4, 0.5) is 0 Å². The molecule has 1 unspecified atom stereocenters. The van der Waals surface area contributed by atoms with E-state index in [1.165, 1.54) is 0 Å². The van der Waals surface area contributed by atoms with Crippen molar-refractivity contribution in [2.75, 3.05) is 20.3 Å². The zero-order chi connectivity index (χ0) is 12.7. The van der Waals surface area contributed by atoms with Gasteiger partial charge in [0, 0.05) is 29.8 Å². The second kappa shape index (κ2) is 7.93. The van der Waals surface area contributed by atoms with Gasteiger partial charge in [-0.1, -0.05) is 36.2 Å². The number of rotatable bonds is 7. The Labute approximate surface area is 113 Å². The standard InChI is InChI=1S/C13H19Cl2NO/c1-3-16-10(7-8-17-2)9-11-12(14)5-4-6-13(11)15/h4-6,10,16H,3,7-9H2,1-2H3. The third kappa shape index (κ3) is 4.84. The predicted molar refractivity (Wildman–Crippen MR) is 74.1 cm³/mol. The Morgan fingerprint density at radius 3 is 2.47 bits per heavy atom. The molecule has 0 aliphatic heterocycles. The van der Waals surface area contributed by atoms with Crippen LogP contribution in [0.3, 0.4) is 0 Å². The molecule has 1 atom stereocenters. The van der Waals surface area contributed by atoms with Crippen LogP contribution in [0.25, 0.3) is 0 Å². The molecule has 1 aromatic rings. The average molecular weight is 276 g/mol. The van der Waals surface area contributed by atoms with Crippen molar-refractivity contribution in [1.82, 2.24) is 5.32 Å². The van der Waals surface area contributed by atoms with Crippen LogP contribution in [-0.2, 0) is 11.2 Å². The molecule has 0 saturated carbocycles. The number of nitrogens with one attached hydrogen (secondary N) is 1. The van der Waals surface area contributed by atoms with Crippen LogP contribution < -0.4 is 5.32 Å². The highest BCUT2D eigenvalue weighted by molar-refractivity contribution is 6.35. The van der Waals surface area contributed by atoms with Crippen LogP contribution in [0.15, 0.2) is 18.2 Å². The zero-order valence-electron chi connectivity index (χ0n) is 10.3. The van der Waals surface area contributed by atoms with Crippen LogP contribution in [0.1, 0.15) is 18.9 Å². The van der Waals surface area contributed by atoms with Crippen molar-refractivity contribution >= 4 is 23.2 Å². The number of hydrogen-bond donors (Lipinski definition) is 1. The van der Waals surface area contributed by atoms with Gasteiger partial charge in [0.25, 0.3) is 0 Å². The summed E-state index contributed by atoms with van der Waals surface area (Å²) in [7, 11) is 1.71. The highest BCUT2D eigenvalue weighted by Gasteiger charge is 2.13. The molecule has 0 spiro atoms. The Hall–Kier alpha value is -0.280. The SMILES string of the molecule is CCNC(CCOC)Cc1c(Cl)cccc1Cl. The molecule has 0 aromatic heterocycles. The summed E-state index contributed by atoms with van der Waals surface area (Å²) >= 11 is 12.3. The summed E-state index contributed by atoms with van der Waals surface area (Å²) in [6.07, 6.45) is 1.78. The van der Waals surface area contributed by atoms with Gasteiger partial charge in [0.15, 0.2) is 0 Å². The summed E-state index contributed by atoms with van der Waals surface area (Å²) in [6, 6.07) is 5.97. The molecule has 2 nitrogen and oxygen atoms in total. The second-order valence-corrected chi connectivity index (χ2v) is 4.75. The van der Waals surface area contributed by atoms with Crippen molar-refractivity contribution in [1.29, 1.82) is 0 Å². The first-order chi connectivity index (χ1) is 8.19. The van der Waals surface area contributed by atoms with Gasteiger partial charge in [-0.05, 0) is 37.1 Å². The van der Waals surface area contributed by atoms with Gasteiger partial charge in [-0.25, -0.2) is 0 Å². The lowest BCUT2D eigenvalue weighted by atomic mass is 10.0. The van der Waals surface area contributed by atoms with E-state index < -0.39 is 0 Å². The molecule has 0 aliphatic carbocycles. The Balaban J connectivity index is 2.70. The minimum atomic E-state index is 0.345. The molecular weight excluding hydrogens is 257 g/mol. The maximum absolute atomic E-state index is 6.16. The van der Waals surface area contributed by atoms with Crippen LogP contribution >= 0.6 is 23.2 Å². The average Bonchev–Trinajstić information content (AvgIpc) is 2.31. The first-order valence-corrected chi connectivity index (χ1v) is 6.59. The topological polar surface area (TPSA) is 21.3 Å². The van der Waals surface area contributed by atoms with Gasteiger partial charge in [0.1, 0.15) is 0 Å². The molecule has 0 heterocycles. The summed E-state index contributed by atoms with van der Waals surface area (Å²) in [5, 5.41) is 4.89. The molecule has 0 amide bonds. The molecule has 17 heavy (non-hydrogen) atoms. The Morgan fingerprint density at radius 1 is 1.29 bits per heavy atom. The van der Waals surface area contributed by atoms with E-state index >= 15 is 0 Å². The van der Waals surface area contributed by atoms with E-state index in [1.807, 2.05) is 18.2 Å².